The molecule has 0 aromatic rings. The van der Waals surface area contributed by atoms with Gasteiger partial charge < -0.3 is 25.3 Å². The third kappa shape index (κ3) is 9.27. The Morgan fingerprint density at radius 3 is 2.24 bits per heavy atom. The molecule has 0 spiro atoms. The van der Waals surface area contributed by atoms with Gasteiger partial charge >= 0.3 is 5.97 Å². The Morgan fingerprint density at radius 1 is 1.21 bits per heavy atom. The van der Waals surface area contributed by atoms with Crippen LogP contribution in [-0.2, 0) is 19.1 Å². The highest BCUT2D eigenvalue weighted by Gasteiger charge is 2.35. The molecule has 9 heteroatoms. The van der Waals surface area contributed by atoms with Gasteiger partial charge in [-0.15, -0.1) is 0 Å². The average Bonchev–Trinajstić information content (AvgIpc) is 2.63. The minimum absolute atomic E-state index is 0.162. The number of rotatable bonds is 15. The number of hydrogen-bond donors (Lipinski definition) is 3. The lowest BCUT2D eigenvalue weighted by molar-refractivity contribution is -0.143. The molecular weight excluding hydrogens is 412 g/mol. The number of nitrogens with one attached hydrogen (secondary N) is 2. The molecule has 0 aliphatic heterocycles. The highest BCUT2D eigenvalue weighted by atomic mass is 32.2. The summed E-state index contributed by atoms with van der Waals surface area (Å²) in [5.74, 6) is -0.293. The van der Waals surface area contributed by atoms with Crippen LogP contribution in [0.3, 0.4) is 0 Å². The zero-order valence-corrected chi connectivity index (χ0v) is 19.7. The Balaban J connectivity index is 2.48. The molecule has 0 aromatic heterocycles. The van der Waals surface area contributed by atoms with Crippen LogP contribution >= 0.6 is 23.5 Å². The van der Waals surface area contributed by atoms with E-state index >= 15 is 0 Å². The van der Waals surface area contributed by atoms with Crippen LogP contribution in [0.1, 0.15) is 47.5 Å². The molecule has 0 heterocycles. The quantitative estimate of drug-likeness (QED) is 0.328. The second-order valence-electron chi connectivity index (χ2n) is 8.27. The molecule has 0 saturated heterocycles. The van der Waals surface area contributed by atoms with Gasteiger partial charge in [-0.2, -0.15) is 23.5 Å². The number of aldehydes is 1. The van der Waals surface area contributed by atoms with Crippen LogP contribution < -0.4 is 10.6 Å². The predicted octanol–water partition coefficient (Wildman–Crippen LogP) is 2.18. The molecule has 1 amide bonds. The summed E-state index contributed by atoms with van der Waals surface area (Å²) in [6.07, 6.45) is 3.05. The van der Waals surface area contributed by atoms with E-state index in [0.29, 0.717) is 28.6 Å². The lowest BCUT2D eigenvalue weighted by Crippen LogP contribution is -2.49. The second-order valence-corrected chi connectivity index (χ2v) is 10.8. The SMILES string of the molecule is CCOCC(C)(C)C(=O)NC(CSC1CCC1SCC(C=O)NC(C)C)C(=O)O. The van der Waals surface area contributed by atoms with Crippen LogP contribution in [0.4, 0.5) is 0 Å². The van der Waals surface area contributed by atoms with Gasteiger partial charge in [0, 0.05) is 34.7 Å². The van der Waals surface area contributed by atoms with Gasteiger partial charge in [-0.1, -0.05) is 13.8 Å². The van der Waals surface area contributed by atoms with Crippen LogP contribution in [0.2, 0.25) is 0 Å². The first-order valence-electron chi connectivity index (χ1n) is 10.2. The van der Waals surface area contributed by atoms with Crippen molar-refractivity contribution in [3.8, 4) is 0 Å². The number of carbonyl (C=O) groups is 3. The number of aliphatic carboxylic acids is 1. The van der Waals surface area contributed by atoms with Gasteiger partial charge in [-0.05, 0) is 33.6 Å². The van der Waals surface area contributed by atoms with Crippen LogP contribution in [0.5, 0.6) is 0 Å². The molecule has 1 saturated carbocycles. The van der Waals surface area contributed by atoms with E-state index in [-0.39, 0.29) is 24.6 Å². The molecule has 29 heavy (non-hydrogen) atoms. The summed E-state index contributed by atoms with van der Waals surface area (Å²) in [7, 11) is 0. The van der Waals surface area contributed by atoms with Crippen molar-refractivity contribution in [1.82, 2.24) is 10.6 Å². The zero-order chi connectivity index (χ0) is 22.0. The Morgan fingerprint density at radius 2 is 1.79 bits per heavy atom. The van der Waals surface area contributed by atoms with E-state index in [4.69, 9.17) is 4.74 Å². The Bertz CT molecular complexity index is 545. The molecule has 1 rings (SSSR count). The van der Waals surface area contributed by atoms with Crippen LogP contribution in [0.15, 0.2) is 0 Å². The summed E-state index contributed by atoms with van der Waals surface area (Å²) in [5.41, 5.74) is -0.781. The fourth-order valence-electron chi connectivity index (χ4n) is 2.77. The van der Waals surface area contributed by atoms with Crippen molar-refractivity contribution in [1.29, 1.82) is 0 Å². The molecule has 168 valence electrons. The van der Waals surface area contributed by atoms with Crippen LogP contribution in [-0.4, -0.2) is 76.6 Å². The van der Waals surface area contributed by atoms with Gasteiger partial charge in [-0.25, -0.2) is 4.79 Å². The normalized spacial score (nSPS) is 21.3. The highest BCUT2D eigenvalue weighted by Crippen LogP contribution is 2.40. The number of carboxylic acid groups (broad SMARTS) is 1. The fraction of sp³-hybridized carbons (Fsp3) is 0.850. The molecule has 4 unspecified atom stereocenters. The van der Waals surface area contributed by atoms with E-state index in [1.807, 2.05) is 20.8 Å². The molecule has 0 radical (unpaired) electrons. The van der Waals surface area contributed by atoms with Crippen LogP contribution in [0.25, 0.3) is 0 Å². The van der Waals surface area contributed by atoms with E-state index in [0.717, 1.165) is 19.1 Å². The summed E-state index contributed by atoms with van der Waals surface area (Å²) in [4.78, 5) is 35.3. The molecule has 0 bridgehead atoms. The third-order valence-corrected chi connectivity index (χ3v) is 7.95. The zero-order valence-electron chi connectivity index (χ0n) is 18.1. The molecule has 1 aliphatic rings. The van der Waals surface area contributed by atoms with Crippen LogP contribution in [0, 0.1) is 5.41 Å². The molecular formula is C20H36N2O5S2. The monoisotopic (exact) mass is 448 g/mol. The van der Waals surface area contributed by atoms with E-state index in [1.165, 1.54) is 0 Å². The number of carboxylic acids is 1. The van der Waals surface area contributed by atoms with Crippen molar-refractivity contribution in [2.45, 2.75) is 76.1 Å². The average molecular weight is 449 g/mol. The minimum atomic E-state index is -1.02. The lowest BCUT2D eigenvalue weighted by Gasteiger charge is -2.37. The molecule has 3 N–H and O–H groups in total. The number of amides is 1. The number of thioether (sulfide) groups is 2. The number of ether oxygens (including phenoxy) is 1. The summed E-state index contributed by atoms with van der Waals surface area (Å²) in [6, 6.07) is -0.834. The number of carbonyl (C=O) groups excluding carboxylic acids is 2. The number of hydrogen-bond acceptors (Lipinski definition) is 7. The Labute approximate surface area is 182 Å². The maximum Gasteiger partial charge on any atom is 0.327 e. The lowest BCUT2D eigenvalue weighted by atomic mass is 9.93. The van der Waals surface area contributed by atoms with E-state index in [2.05, 4.69) is 10.6 Å². The molecule has 7 nitrogen and oxygen atoms in total. The summed E-state index contributed by atoms with van der Waals surface area (Å²) >= 11 is 3.36. The highest BCUT2D eigenvalue weighted by molar-refractivity contribution is 8.04. The van der Waals surface area contributed by atoms with Gasteiger partial charge in [0.05, 0.1) is 18.1 Å². The Hall–Kier alpha value is -0.770. The van der Waals surface area contributed by atoms with Crippen molar-refractivity contribution >= 4 is 41.7 Å². The summed E-state index contributed by atoms with van der Waals surface area (Å²) in [5, 5.41) is 16.2. The van der Waals surface area contributed by atoms with Crippen molar-refractivity contribution in [3.05, 3.63) is 0 Å². The summed E-state index contributed by atoms with van der Waals surface area (Å²) in [6.45, 7) is 10.1. The van der Waals surface area contributed by atoms with E-state index in [1.54, 1.807) is 37.4 Å². The van der Waals surface area contributed by atoms with Crippen molar-refractivity contribution in [3.63, 3.8) is 0 Å². The van der Waals surface area contributed by atoms with Gasteiger partial charge in [0.15, 0.2) is 0 Å². The van der Waals surface area contributed by atoms with Crippen molar-refractivity contribution < 1.29 is 24.2 Å². The minimum Gasteiger partial charge on any atom is -0.480 e. The largest absolute Gasteiger partial charge is 0.480 e. The van der Waals surface area contributed by atoms with Crippen molar-refractivity contribution in [2.75, 3.05) is 24.7 Å². The van der Waals surface area contributed by atoms with Gasteiger partial charge in [0.25, 0.3) is 0 Å². The first-order valence-corrected chi connectivity index (χ1v) is 12.3. The van der Waals surface area contributed by atoms with Gasteiger partial charge in [0.2, 0.25) is 5.91 Å². The van der Waals surface area contributed by atoms with Gasteiger partial charge in [-0.3, -0.25) is 4.79 Å². The third-order valence-electron chi connectivity index (χ3n) is 4.71. The predicted molar refractivity (Wildman–Crippen MR) is 120 cm³/mol. The smallest absolute Gasteiger partial charge is 0.327 e. The van der Waals surface area contributed by atoms with Gasteiger partial charge in [0.1, 0.15) is 12.3 Å². The molecule has 1 aliphatic carbocycles. The standard InChI is InChI=1S/C20H36N2O5S2/c1-6-27-12-20(4,5)19(26)22-15(18(24)25)11-29-17-8-7-16(17)28-10-14(9-23)21-13(2)3/h9,13-17,21H,6-8,10-12H2,1-5H3,(H,22,26)(H,24,25). The van der Waals surface area contributed by atoms with E-state index < -0.39 is 17.4 Å². The molecule has 4 atom stereocenters. The second kappa shape index (κ2) is 12.8. The first kappa shape index (κ1) is 26.3. The topological polar surface area (TPSA) is 105 Å². The Kier molecular flexibility index (Phi) is 11.6. The maximum atomic E-state index is 12.5. The molecule has 1 fully saturated rings. The maximum absolute atomic E-state index is 12.5. The van der Waals surface area contributed by atoms with E-state index in [9.17, 15) is 19.5 Å². The fourth-order valence-corrected chi connectivity index (χ4v) is 5.85. The van der Waals surface area contributed by atoms with Crippen molar-refractivity contribution in [2.24, 2.45) is 5.41 Å². The summed E-state index contributed by atoms with van der Waals surface area (Å²) < 4.78 is 5.33. The first-order chi connectivity index (χ1) is 13.6. The molecule has 0 aromatic carbocycles.